The van der Waals surface area contributed by atoms with Crippen molar-refractivity contribution < 1.29 is 32.3 Å². The Hall–Kier alpha value is -1.77. The number of ether oxygens (including phenoxy) is 1. The third-order valence-electron chi connectivity index (χ3n) is 2.65. The summed E-state index contributed by atoms with van der Waals surface area (Å²) in [7, 11) is 0.857. The predicted molar refractivity (Wildman–Crippen MR) is 60.5 cm³/mol. The molecule has 1 heterocycles. The Morgan fingerprint density at radius 3 is 2.40 bits per heavy atom. The Morgan fingerprint density at radius 2 is 2.00 bits per heavy atom. The molecule has 20 heavy (non-hydrogen) atoms. The van der Waals surface area contributed by atoms with E-state index in [1.165, 1.54) is 5.32 Å². The third kappa shape index (κ3) is 2.33. The monoisotopic (exact) mass is 314 g/mol. The molecule has 0 aromatic carbocycles. The van der Waals surface area contributed by atoms with E-state index in [4.69, 9.17) is 11.6 Å². The van der Waals surface area contributed by atoms with Crippen LogP contribution >= 0.6 is 11.6 Å². The molecule has 0 radical (unpaired) electrons. The number of nitrogens with one attached hydrogen (secondary N) is 2. The van der Waals surface area contributed by atoms with Crippen LogP contribution in [0.25, 0.3) is 0 Å². The first-order valence-corrected chi connectivity index (χ1v) is 5.70. The van der Waals surface area contributed by atoms with Gasteiger partial charge in [0.15, 0.2) is 0 Å². The average molecular weight is 315 g/mol. The van der Waals surface area contributed by atoms with Crippen LogP contribution in [0.3, 0.4) is 0 Å². The van der Waals surface area contributed by atoms with Crippen LogP contribution in [-0.2, 0) is 19.1 Å². The molecule has 0 bridgehead atoms. The number of esters is 1. The van der Waals surface area contributed by atoms with Gasteiger partial charge in [0, 0.05) is 5.70 Å². The van der Waals surface area contributed by atoms with Crippen LogP contribution in [0.15, 0.2) is 11.3 Å². The van der Waals surface area contributed by atoms with E-state index < -0.39 is 41.0 Å². The predicted octanol–water partition coefficient (Wildman–Crippen LogP) is 0.219. The SMILES string of the molecule is COC(=O)C1=C(C)NC(=O)C1(NC(=O)CCl)C(F)(F)F. The van der Waals surface area contributed by atoms with Crippen LogP contribution in [0.2, 0.25) is 0 Å². The Kier molecular flexibility index (Phi) is 4.33. The van der Waals surface area contributed by atoms with Crippen LogP contribution in [0.5, 0.6) is 0 Å². The number of allylic oxidation sites excluding steroid dienone is 1. The molecule has 0 fully saturated rings. The number of halogens is 4. The van der Waals surface area contributed by atoms with Gasteiger partial charge in [0.2, 0.25) is 11.4 Å². The lowest BCUT2D eigenvalue weighted by Gasteiger charge is -2.31. The zero-order valence-electron chi connectivity index (χ0n) is 10.4. The molecule has 0 saturated carbocycles. The van der Waals surface area contributed by atoms with Crippen molar-refractivity contribution in [2.24, 2.45) is 0 Å². The molecule has 1 aliphatic heterocycles. The summed E-state index contributed by atoms with van der Waals surface area (Å²) in [5.74, 6) is -5.04. The zero-order valence-corrected chi connectivity index (χ0v) is 11.1. The van der Waals surface area contributed by atoms with E-state index >= 15 is 0 Å². The molecule has 1 rings (SSSR count). The molecule has 0 spiro atoms. The number of rotatable bonds is 3. The van der Waals surface area contributed by atoms with Gasteiger partial charge in [-0.25, -0.2) is 4.79 Å². The topological polar surface area (TPSA) is 84.5 Å². The molecule has 10 heteroatoms. The fourth-order valence-electron chi connectivity index (χ4n) is 1.83. The molecule has 2 N–H and O–H groups in total. The minimum Gasteiger partial charge on any atom is -0.466 e. The van der Waals surface area contributed by atoms with Crippen molar-refractivity contribution in [1.82, 2.24) is 10.6 Å². The Labute approximate surface area is 116 Å². The Bertz CT molecular complexity index is 503. The van der Waals surface area contributed by atoms with E-state index in [-0.39, 0.29) is 5.70 Å². The summed E-state index contributed by atoms with van der Waals surface area (Å²) >= 11 is 5.14. The lowest BCUT2D eigenvalue weighted by atomic mass is 9.89. The maximum Gasteiger partial charge on any atom is 0.425 e. The van der Waals surface area contributed by atoms with Gasteiger partial charge >= 0.3 is 12.1 Å². The quantitative estimate of drug-likeness (QED) is 0.576. The largest absolute Gasteiger partial charge is 0.466 e. The van der Waals surface area contributed by atoms with Gasteiger partial charge in [0.25, 0.3) is 5.91 Å². The average Bonchev–Trinajstić information content (AvgIpc) is 2.60. The van der Waals surface area contributed by atoms with Crippen molar-refractivity contribution >= 4 is 29.4 Å². The highest BCUT2D eigenvalue weighted by Crippen LogP contribution is 2.41. The fraction of sp³-hybridized carbons (Fsp3) is 0.500. The summed E-state index contributed by atoms with van der Waals surface area (Å²) in [5.41, 5.74) is -4.87. The first kappa shape index (κ1) is 16.3. The van der Waals surface area contributed by atoms with Gasteiger partial charge in [-0.15, -0.1) is 11.6 Å². The Balaban J connectivity index is 3.51. The lowest BCUT2D eigenvalue weighted by molar-refractivity contribution is -0.192. The summed E-state index contributed by atoms with van der Waals surface area (Å²) in [6.45, 7) is 1.09. The molecule has 1 aliphatic rings. The summed E-state index contributed by atoms with van der Waals surface area (Å²) in [5, 5.41) is 3.33. The Morgan fingerprint density at radius 1 is 1.45 bits per heavy atom. The van der Waals surface area contributed by atoms with E-state index in [0.29, 0.717) is 0 Å². The van der Waals surface area contributed by atoms with Gasteiger partial charge in [-0.2, -0.15) is 13.2 Å². The number of carbonyl (C=O) groups is 3. The fourth-order valence-corrected chi connectivity index (χ4v) is 1.90. The maximum absolute atomic E-state index is 13.3. The second-order valence-corrected chi connectivity index (χ2v) is 4.14. The van der Waals surface area contributed by atoms with E-state index in [2.05, 4.69) is 4.74 Å². The van der Waals surface area contributed by atoms with Crippen LogP contribution in [0, 0.1) is 0 Å². The molecule has 0 saturated heterocycles. The summed E-state index contributed by atoms with van der Waals surface area (Å²) in [6, 6.07) is 0. The normalized spacial score (nSPS) is 22.6. The van der Waals surface area contributed by atoms with Crippen molar-refractivity contribution in [3.63, 3.8) is 0 Å². The molecule has 6 nitrogen and oxygen atoms in total. The minimum atomic E-state index is -5.25. The van der Waals surface area contributed by atoms with E-state index in [1.807, 2.05) is 5.32 Å². The number of hydrogen-bond acceptors (Lipinski definition) is 4. The summed E-state index contributed by atoms with van der Waals surface area (Å²) < 4.78 is 44.2. The molecular weight excluding hydrogens is 305 g/mol. The molecule has 0 aromatic rings. The minimum absolute atomic E-state index is 0.353. The number of hydrogen-bond donors (Lipinski definition) is 2. The first-order chi connectivity index (χ1) is 9.11. The van der Waals surface area contributed by atoms with Gasteiger partial charge in [-0.1, -0.05) is 0 Å². The molecular formula is C10H10ClF3N2O4. The van der Waals surface area contributed by atoms with Crippen molar-refractivity contribution in [2.75, 3.05) is 13.0 Å². The number of amides is 2. The van der Waals surface area contributed by atoms with Crippen LogP contribution in [-0.4, -0.2) is 42.5 Å². The van der Waals surface area contributed by atoms with Gasteiger partial charge < -0.3 is 15.4 Å². The zero-order chi connectivity index (χ0) is 15.7. The van der Waals surface area contributed by atoms with Gasteiger partial charge in [0.1, 0.15) is 11.5 Å². The maximum atomic E-state index is 13.3. The molecule has 1 atom stereocenters. The highest BCUT2D eigenvalue weighted by atomic mass is 35.5. The molecule has 1 unspecified atom stereocenters. The van der Waals surface area contributed by atoms with Gasteiger partial charge in [-0.3, -0.25) is 9.59 Å². The summed E-state index contributed by atoms with van der Waals surface area (Å²) in [4.78, 5) is 34.5. The van der Waals surface area contributed by atoms with Crippen LogP contribution in [0.4, 0.5) is 13.2 Å². The number of methoxy groups -OCH3 is 1. The lowest BCUT2D eigenvalue weighted by Crippen LogP contribution is -2.66. The van der Waals surface area contributed by atoms with Gasteiger partial charge in [-0.05, 0) is 6.92 Å². The van der Waals surface area contributed by atoms with Crippen molar-refractivity contribution in [2.45, 2.75) is 18.6 Å². The highest BCUT2D eigenvalue weighted by Gasteiger charge is 2.69. The van der Waals surface area contributed by atoms with Crippen molar-refractivity contribution in [3.05, 3.63) is 11.3 Å². The van der Waals surface area contributed by atoms with E-state index in [1.54, 1.807) is 0 Å². The number of carbonyl (C=O) groups excluding carboxylic acids is 3. The van der Waals surface area contributed by atoms with E-state index in [0.717, 1.165) is 14.0 Å². The second kappa shape index (κ2) is 5.31. The van der Waals surface area contributed by atoms with Crippen LogP contribution in [0.1, 0.15) is 6.92 Å². The highest BCUT2D eigenvalue weighted by molar-refractivity contribution is 6.27. The van der Waals surface area contributed by atoms with Crippen molar-refractivity contribution in [3.8, 4) is 0 Å². The molecule has 112 valence electrons. The summed E-state index contributed by atoms with van der Waals surface area (Å²) in [6.07, 6.45) is -5.25. The molecule has 2 amide bonds. The first-order valence-electron chi connectivity index (χ1n) is 5.16. The number of alkyl halides is 4. The van der Waals surface area contributed by atoms with Gasteiger partial charge in [0.05, 0.1) is 7.11 Å². The molecule has 0 aliphatic carbocycles. The smallest absolute Gasteiger partial charge is 0.425 e. The second-order valence-electron chi connectivity index (χ2n) is 3.88. The third-order valence-corrected chi connectivity index (χ3v) is 2.90. The van der Waals surface area contributed by atoms with Crippen molar-refractivity contribution in [1.29, 1.82) is 0 Å². The van der Waals surface area contributed by atoms with E-state index in [9.17, 15) is 27.6 Å². The molecule has 0 aromatic heterocycles. The van der Waals surface area contributed by atoms with Crippen LogP contribution < -0.4 is 10.6 Å². The standard InChI is InChI=1S/C10H10ClF3N2O4/c1-4-6(7(18)20-2)9(8(19)15-4,10(12,13)14)16-5(17)3-11/h3H2,1-2H3,(H,15,19)(H,16,17).